The zero-order valence-corrected chi connectivity index (χ0v) is 17.9. The van der Waals surface area contributed by atoms with E-state index in [9.17, 15) is 22.0 Å². The van der Waals surface area contributed by atoms with Crippen molar-refractivity contribution in [3.63, 3.8) is 0 Å². The standard InChI is InChI=1S/C18H33F5O9/c19-17(20,21)18(22,23)32-16-15-31-14-13-30-12-11-29-10-9-28-8-7-27-6-5-26-4-3-25-2-1-24/h24H,1-16H2. The lowest BCUT2D eigenvalue weighted by Gasteiger charge is -2.19. The average molecular weight is 488 g/mol. The third-order valence-corrected chi connectivity index (χ3v) is 3.31. The fraction of sp³-hybridized carbons (Fsp3) is 1.00. The molecule has 14 heteroatoms. The average Bonchev–Trinajstić information content (AvgIpc) is 2.73. The molecule has 0 saturated heterocycles. The Morgan fingerprint density at radius 2 is 0.656 bits per heavy atom. The normalized spacial score (nSPS) is 12.6. The lowest BCUT2D eigenvalue weighted by molar-refractivity contribution is -0.392. The van der Waals surface area contributed by atoms with E-state index in [1.165, 1.54) is 0 Å². The number of hydrogen-bond acceptors (Lipinski definition) is 9. The molecular formula is C18H33F5O9. The third kappa shape index (κ3) is 19.9. The molecule has 0 aromatic heterocycles. The molecule has 32 heavy (non-hydrogen) atoms. The van der Waals surface area contributed by atoms with Crippen LogP contribution in [0.3, 0.4) is 0 Å². The van der Waals surface area contributed by atoms with E-state index >= 15 is 0 Å². The quantitative estimate of drug-likeness (QED) is 0.159. The predicted octanol–water partition coefficient (Wildman–Crippen LogP) is 1.27. The molecule has 0 spiro atoms. The van der Waals surface area contributed by atoms with Crippen LogP contribution in [0.1, 0.15) is 0 Å². The summed E-state index contributed by atoms with van der Waals surface area (Å²) in [6.07, 6.45) is -10.9. The maximum Gasteiger partial charge on any atom is 0.482 e. The maximum atomic E-state index is 12.4. The lowest BCUT2D eigenvalue weighted by Crippen LogP contribution is -2.39. The number of alkyl halides is 5. The van der Waals surface area contributed by atoms with Crippen molar-refractivity contribution in [2.45, 2.75) is 12.3 Å². The Morgan fingerprint density at radius 1 is 0.406 bits per heavy atom. The van der Waals surface area contributed by atoms with Gasteiger partial charge in [-0.15, -0.1) is 0 Å². The molecule has 0 amide bonds. The highest BCUT2D eigenvalue weighted by Gasteiger charge is 2.59. The van der Waals surface area contributed by atoms with Gasteiger partial charge in [-0.1, -0.05) is 0 Å². The van der Waals surface area contributed by atoms with Gasteiger partial charge < -0.3 is 43.0 Å². The summed E-state index contributed by atoms with van der Waals surface area (Å²) >= 11 is 0. The molecule has 0 aliphatic rings. The Bertz CT molecular complexity index is 404. The van der Waals surface area contributed by atoms with E-state index in [-0.39, 0.29) is 26.4 Å². The summed E-state index contributed by atoms with van der Waals surface area (Å²) in [5.74, 6) is 0. The van der Waals surface area contributed by atoms with Crippen molar-refractivity contribution >= 4 is 0 Å². The minimum Gasteiger partial charge on any atom is -0.394 e. The first kappa shape index (κ1) is 31.3. The Balaban J connectivity index is 3.15. The van der Waals surface area contributed by atoms with E-state index in [0.29, 0.717) is 66.1 Å². The first-order chi connectivity index (χ1) is 15.3. The minimum atomic E-state index is -5.75. The van der Waals surface area contributed by atoms with Gasteiger partial charge in [0, 0.05) is 0 Å². The van der Waals surface area contributed by atoms with Crippen LogP contribution in [0.2, 0.25) is 0 Å². The van der Waals surface area contributed by atoms with Crippen LogP contribution in [0.25, 0.3) is 0 Å². The molecule has 194 valence electrons. The van der Waals surface area contributed by atoms with Crippen LogP contribution in [0.15, 0.2) is 0 Å². The summed E-state index contributed by atoms with van der Waals surface area (Å²) in [4.78, 5) is 0. The zero-order valence-electron chi connectivity index (χ0n) is 17.9. The summed E-state index contributed by atoms with van der Waals surface area (Å²) in [5, 5.41) is 8.51. The molecule has 0 fully saturated rings. The van der Waals surface area contributed by atoms with Gasteiger partial charge in [0.05, 0.1) is 106 Å². The topological polar surface area (TPSA) is 94.1 Å². The molecule has 0 saturated carbocycles. The number of halogens is 5. The second-order valence-corrected chi connectivity index (χ2v) is 5.87. The highest BCUT2D eigenvalue weighted by atomic mass is 19.4. The van der Waals surface area contributed by atoms with Gasteiger partial charge in [0.1, 0.15) is 0 Å². The van der Waals surface area contributed by atoms with Crippen molar-refractivity contribution in [3.05, 3.63) is 0 Å². The Labute approximate surface area is 183 Å². The van der Waals surface area contributed by atoms with Crippen LogP contribution in [0.4, 0.5) is 22.0 Å². The molecule has 0 aromatic rings. The minimum absolute atomic E-state index is 0.00964. The van der Waals surface area contributed by atoms with Gasteiger partial charge in [-0.3, -0.25) is 0 Å². The van der Waals surface area contributed by atoms with Crippen molar-refractivity contribution < 1.29 is 65.0 Å². The smallest absolute Gasteiger partial charge is 0.394 e. The van der Waals surface area contributed by atoms with Gasteiger partial charge in [-0.25, -0.2) is 0 Å². The van der Waals surface area contributed by atoms with E-state index in [4.69, 9.17) is 38.3 Å². The molecule has 0 aliphatic heterocycles. The van der Waals surface area contributed by atoms with Crippen molar-refractivity contribution in [1.29, 1.82) is 0 Å². The first-order valence-electron chi connectivity index (χ1n) is 10.0. The first-order valence-corrected chi connectivity index (χ1v) is 10.0. The molecule has 0 aromatic carbocycles. The largest absolute Gasteiger partial charge is 0.482 e. The van der Waals surface area contributed by atoms with E-state index in [0.717, 1.165) is 0 Å². The number of ether oxygens (including phenoxy) is 8. The van der Waals surface area contributed by atoms with E-state index in [1.807, 2.05) is 0 Å². The van der Waals surface area contributed by atoms with Crippen LogP contribution < -0.4 is 0 Å². The monoisotopic (exact) mass is 488 g/mol. The van der Waals surface area contributed by atoms with E-state index in [2.05, 4.69) is 4.74 Å². The molecule has 0 atom stereocenters. The van der Waals surface area contributed by atoms with E-state index < -0.39 is 25.5 Å². The Morgan fingerprint density at radius 3 is 0.906 bits per heavy atom. The van der Waals surface area contributed by atoms with Crippen molar-refractivity contribution in [2.75, 3.05) is 106 Å². The molecule has 0 rings (SSSR count). The van der Waals surface area contributed by atoms with Gasteiger partial charge in [-0.2, -0.15) is 22.0 Å². The molecule has 1 N–H and O–H groups in total. The number of aliphatic hydroxyl groups excluding tert-OH is 1. The summed E-state index contributed by atoms with van der Waals surface area (Å²) < 4.78 is 99.9. The summed E-state index contributed by atoms with van der Waals surface area (Å²) in [6.45, 7) is 3.03. The van der Waals surface area contributed by atoms with Crippen LogP contribution in [-0.2, 0) is 37.9 Å². The van der Waals surface area contributed by atoms with Gasteiger partial charge >= 0.3 is 12.3 Å². The SMILES string of the molecule is OCCOCCOCCOCCOCCOCCOCCOCCOC(F)(F)C(F)(F)F. The Hall–Kier alpha value is -0.710. The molecule has 0 unspecified atom stereocenters. The zero-order chi connectivity index (χ0) is 24.0. The molecule has 0 bridgehead atoms. The second kappa shape index (κ2) is 20.9. The molecule has 0 aliphatic carbocycles. The molecule has 0 heterocycles. The number of rotatable bonds is 24. The van der Waals surface area contributed by atoms with Crippen molar-refractivity contribution in [3.8, 4) is 0 Å². The summed E-state index contributed by atoms with van der Waals surface area (Å²) in [5.41, 5.74) is 0. The second-order valence-electron chi connectivity index (χ2n) is 5.87. The van der Waals surface area contributed by atoms with Crippen LogP contribution in [0.5, 0.6) is 0 Å². The van der Waals surface area contributed by atoms with Gasteiger partial charge in [0.2, 0.25) is 0 Å². The summed E-state index contributed by atoms with van der Waals surface area (Å²) in [7, 11) is 0. The fourth-order valence-corrected chi connectivity index (χ4v) is 1.80. The van der Waals surface area contributed by atoms with Crippen LogP contribution in [0, 0.1) is 0 Å². The van der Waals surface area contributed by atoms with Crippen LogP contribution >= 0.6 is 0 Å². The molecular weight excluding hydrogens is 455 g/mol. The predicted molar refractivity (Wildman–Crippen MR) is 99.8 cm³/mol. The lowest BCUT2D eigenvalue weighted by atomic mass is 10.6. The highest BCUT2D eigenvalue weighted by Crippen LogP contribution is 2.36. The molecule has 9 nitrogen and oxygen atoms in total. The highest BCUT2D eigenvalue weighted by molar-refractivity contribution is 4.63. The third-order valence-electron chi connectivity index (χ3n) is 3.31. The van der Waals surface area contributed by atoms with Crippen molar-refractivity contribution in [1.82, 2.24) is 0 Å². The number of aliphatic hydroxyl groups is 1. The van der Waals surface area contributed by atoms with E-state index in [1.54, 1.807) is 0 Å². The van der Waals surface area contributed by atoms with Gasteiger partial charge in [-0.05, 0) is 0 Å². The summed E-state index contributed by atoms with van der Waals surface area (Å²) in [6, 6.07) is 0. The fourth-order valence-electron chi connectivity index (χ4n) is 1.80. The number of hydrogen-bond donors (Lipinski definition) is 1. The molecule has 0 radical (unpaired) electrons. The van der Waals surface area contributed by atoms with Gasteiger partial charge in [0.25, 0.3) is 0 Å². The maximum absolute atomic E-state index is 12.4. The van der Waals surface area contributed by atoms with Gasteiger partial charge in [0.15, 0.2) is 0 Å². The van der Waals surface area contributed by atoms with Crippen LogP contribution in [-0.4, -0.2) is 123 Å². The Kier molecular flexibility index (Phi) is 20.4. The van der Waals surface area contributed by atoms with Crippen molar-refractivity contribution in [2.24, 2.45) is 0 Å².